The van der Waals surface area contributed by atoms with Gasteiger partial charge in [-0.2, -0.15) is 0 Å². The summed E-state index contributed by atoms with van der Waals surface area (Å²) >= 11 is 0. The van der Waals surface area contributed by atoms with Crippen LogP contribution in [0.3, 0.4) is 0 Å². The Morgan fingerprint density at radius 1 is 1.14 bits per heavy atom. The van der Waals surface area contributed by atoms with Gasteiger partial charge in [-0.15, -0.1) is 0 Å². The van der Waals surface area contributed by atoms with E-state index in [2.05, 4.69) is 53.2 Å². The first-order valence-electron chi connectivity index (χ1n) is 8.07. The Bertz CT molecular complexity index is 704. The monoisotopic (exact) mass is 294 g/mol. The van der Waals surface area contributed by atoms with Crippen LogP contribution in [0.5, 0.6) is 0 Å². The van der Waals surface area contributed by atoms with Crippen LogP contribution in [0.1, 0.15) is 5.56 Å². The van der Waals surface area contributed by atoms with E-state index in [0.29, 0.717) is 5.92 Å². The zero-order valence-corrected chi connectivity index (χ0v) is 12.8. The minimum Gasteiger partial charge on any atom is -0.384 e. The molecule has 2 aliphatic rings. The highest BCUT2D eigenvalue weighted by molar-refractivity contribution is 5.93. The average Bonchev–Trinajstić information content (AvgIpc) is 2.57. The Morgan fingerprint density at radius 2 is 1.86 bits per heavy atom. The summed E-state index contributed by atoms with van der Waals surface area (Å²) in [5.41, 5.74) is 3.77. The van der Waals surface area contributed by atoms with Gasteiger partial charge in [0.1, 0.15) is 0 Å². The molecule has 2 aromatic carbocycles. The number of benzene rings is 2. The Kier molecular flexibility index (Phi) is 3.60. The Hall–Kier alpha value is -1.84. The van der Waals surface area contributed by atoms with Gasteiger partial charge in [-0.25, -0.2) is 0 Å². The molecule has 0 amide bonds. The number of morpholine rings is 1. The van der Waals surface area contributed by atoms with Crippen LogP contribution in [0.15, 0.2) is 43.0 Å². The van der Waals surface area contributed by atoms with Crippen molar-refractivity contribution in [3.63, 3.8) is 0 Å². The molecular weight excluding hydrogens is 272 g/mol. The van der Waals surface area contributed by atoms with Gasteiger partial charge in [-0.1, -0.05) is 30.8 Å². The third-order valence-corrected chi connectivity index (χ3v) is 4.85. The van der Waals surface area contributed by atoms with Gasteiger partial charge in [0, 0.05) is 43.3 Å². The highest BCUT2D eigenvalue weighted by Gasteiger charge is 2.25. The minimum absolute atomic E-state index is 0.478. The van der Waals surface area contributed by atoms with Crippen molar-refractivity contribution in [1.29, 1.82) is 0 Å². The van der Waals surface area contributed by atoms with Crippen LogP contribution in [0.25, 0.3) is 16.3 Å². The van der Waals surface area contributed by atoms with E-state index < -0.39 is 0 Å². The normalized spacial score (nSPS) is 22.4. The molecule has 1 saturated heterocycles. The summed E-state index contributed by atoms with van der Waals surface area (Å²) in [5, 5.41) is 6.18. The molecule has 0 aliphatic carbocycles. The fourth-order valence-corrected chi connectivity index (χ4v) is 3.50. The lowest BCUT2D eigenvalue weighted by Gasteiger charge is -2.34. The second kappa shape index (κ2) is 5.75. The molecular formula is C19H22N2O. The number of hydrogen-bond acceptors (Lipinski definition) is 3. The SMILES string of the molecule is C=C1c2cc3ccccc3cc2NCC1CN1CCOCC1. The molecule has 1 atom stereocenters. The van der Waals surface area contributed by atoms with Crippen LogP contribution in [0.2, 0.25) is 0 Å². The van der Waals surface area contributed by atoms with Gasteiger partial charge in [0.15, 0.2) is 0 Å². The molecule has 0 aromatic heterocycles. The largest absolute Gasteiger partial charge is 0.384 e. The number of nitrogens with one attached hydrogen (secondary N) is 1. The second-order valence-electron chi connectivity index (χ2n) is 6.26. The molecule has 1 fully saturated rings. The maximum Gasteiger partial charge on any atom is 0.0594 e. The van der Waals surface area contributed by atoms with Gasteiger partial charge < -0.3 is 10.1 Å². The van der Waals surface area contributed by atoms with Gasteiger partial charge in [0.2, 0.25) is 0 Å². The molecule has 22 heavy (non-hydrogen) atoms. The number of hydrogen-bond donors (Lipinski definition) is 1. The van der Waals surface area contributed by atoms with Crippen molar-refractivity contribution in [2.45, 2.75) is 0 Å². The fraction of sp³-hybridized carbons (Fsp3) is 0.368. The van der Waals surface area contributed by atoms with Crippen LogP contribution in [0.4, 0.5) is 5.69 Å². The lowest BCUT2D eigenvalue weighted by molar-refractivity contribution is 0.0344. The first-order chi connectivity index (χ1) is 10.8. The van der Waals surface area contributed by atoms with E-state index in [-0.39, 0.29) is 0 Å². The van der Waals surface area contributed by atoms with Crippen molar-refractivity contribution in [2.24, 2.45) is 5.92 Å². The predicted octanol–water partition coefficient (Wildman–Crippen LogP) is 3.23. The van der Waals surface area contributed by atoms with Crippen molar-refractivity contribution >= 4 is 22.0 Å². The molecule has 0 radical (unpaired) electrons. The standard InChI is InChI=1S/C19H22N2O/c1-14-17(13-21-6-8-22-9-7-21)12-20-19-11-16-5-3-2-4-15(16)10-18(14)19/h2-5,10-11,17,20H,1,6-9,12-13H2. The number of rotatable bonds is 2. The highest BCUT2D eigenvalue weighted by Crippen LogP contribution is 2.36. The van der Waals surface area contributed by atoms with E-state index in [1.165, 1.54) is 27.6 Å². The van der Waals surface area contributed by atoms with E-state index in [4.69, 9.17) is 4.74 Å². The lowest BCUT2D eigenvalue weighted by Crippen LogP contribution is -2.41. The first-order valence-corrected chi connectivity index (χ1v) is 8.07. The first kappa shape index (κ1) is 13.8. The van der Waals surface area contributed by atoms with Crippen molar-refractivity contribution < 1.29 is 4.74 Å². The number of nitrogens with zero attached hydrogens (tertiary/aromatic N) is 1. The molecule has 1 N–H and O–H groups in total. The van der Waals surface area contributed by atoms with Gasteiger partial charge in [-0.05, 0) is 28.5 Å². The Balaban J connectivity index is 1.60. The summed E-state index contributed by atoms with van der Waals surface area (Å²) in [6.45, 7) is 10.2. The Labute approximate surface area is 131 Å². The molecule has 3 heteroatoms. The summed E-state index contributed by atoms with van der Waals surface area (Å²) in [6, 6.07) is 13.1. The number of ether oxygens (including phenoxy) is 1. The summed E-state index contributed by atoms with van der Waals surface area (Å²) in [7, 11) is 0. The number of fused-ring (bicyclic) bond motifs is 2. The van der Waals surface area contributed by atoms with Crippen LogP contribution in [0, 0.1) is 5.92 Å². The summed E-state index contributed by atoms with van der Waals surface area (Å²) in [4.78, 5) is 2.49. The second-order valence-corrected chi connectivity index (χ2v) is 6.26. The molecule has 1 unspecified atom stereocenters. The third kappa shape index (κ3) is 2.51. The maximum atomic E-state index is 5.44. The minimum atomic E-state index is 0.478. The molecule has 0 spiro atoms. The Morgan fingerprint density at radius 3 is 2.64 bits per heavy atom. The smallest absolute Gasteiger partial charge is 0.0594 e. The van der Waals surface area contributed by atoms with Crippen LogP contribution in [-0.2, 0) is 4.74 Å². The average molecular weight is 294 g/mol. The molecule has 2 aromatic rings. The molecule has 0 bridgehead atoms. The van der Waals surface area contributed by atoms with E-state index in [1.807, 2.05) is 0 Å². The molecule has 0 saturated carbocycles. The zero-order valence-electron chi connectivity index (χ0n) is 12.8. The highest BCUT2D eigenvalue weighted by atomic mass is 16.5. The molecule has 4 rings (SSSR count). The predicted molar refractivity (Wildman–Crippen MR) is 92.2 cm³/mol. The van der Waals surface area contributed by atoms with Gasteiger partial charge >= 0.3 is 0 Å². The summed E-state index contributed by atoms with van der Waals surface area (Å²) < 4.78 is 5.44. The van der Waals surface area contributed by atoms with Crippen LogP contribution in [-0.4, -0.2) is 44.3 Å². The molecule has 2 aliphatic heterocycles. The number of anilines is 1. The topological polar surface area (TPSA) is 24.5 Å². The fourth-order valence-electron chi connectivity index (χ4n) is 3.50. The third-order valence-electron chi connectivity index (χ3n) is 4.85. The zero-order chi connectivity index (χ0) is 14.9. The van der Waals surface area contributed by atoms with Crippen molar-refractivity contribution in [1.82, 2.24) is 4.90 Å². The van der Waals surface area contributed by atoms with Gasteiger partial charge in [0.25, 0.3) is 0 Å². The van der Waals surface area contributed by atoms with E-state index >= 15 is 0 Å². The van der Waals surface area contributed by atoms with Gasteiger partial charge in [-0.3, -0.25) is 4.90 Å². The van der Waals surface area contributed by atoms with E-state index in [1.54, 1.807) is 0 Å². The maximum absolute atomic E-state index is 5.44. The van der Waals surface area contributed by atoms with Crippen molar-refractivity contribution in [3.8, 4) is 0 Å². The summed E-state index contributed by atoms with van der Waals surface area (Å²) in [6.07, 6.45) is 0. The van der Waals surface area contributed by atoms with Crippen LogP contribution >= 0.6 is 0 Å². The van der Waals surface area contributed by atoms with Gasteiger partial charge in [0.05, 0.1) is 13.2 Å². The van der Waals surface area contributed by atoms with E-state index in [0.717, 1.165) is 39.4 Å². The quantitative estimate of drug-likeness (QED) is 0.920. The van der Waals surface area contributed by atoms with Crippen LogP contribution < -0.4 is 5.32 Å². The molecule has 2 heterocycles. The van der Waals surface area contributed by atoms with Crippen molar-refractivity contribution in [2.75, 3.05) is 44.7 Å². The van der Waals surface area contributed by atoms with Crippen molar-refractivity contribution in [3.05, 3.63) is 48.5 Å². The molecule has 3 nitrogen and oxygen atoms in total. The summed E-state index contributed by atoms with van der Waals surface area (Å²) in [5.74, 6) is 0.478. The van der Waals surface area contributed by atoms with E-state index in [9.17, 15) is 0 Å². The lowest BCUT2D eigenvalue weighted by atomic mass is 9.87. The molecule has 114 valence electrons.